The summed E-state index contributed by atoms with van der Waals surface area (Å²) < 4.78 is 0. The van der Waals surface area contributed by atoms with Gasteiger partial charge in [-0.2, -0.15) is 0 Å². The summed E-state index contributed by atoms with van der Waals surface area (Å²) in [4.78, 5) is 10.3. The zero-order valence-electron chi connectivity index (χ0n) is 18.0. The van der Waals surface area contributed by atoms with Crippen LogP contribution in [-0.4, -0.2) is 19.1 Å². The SMILES string of the molecule is CCCCCCCCCCCCCCCCCCNCCCC(=O)[O-].[Na+]. The van der Waals surface area contributed by atoms with Crippen molar-refractivity contribution in [3.63, 3.8) is 0 Å². The molecule has 0 aliphatic carbocycles. The van der Waals surface area contributed by atoms with Crippen LogP contribution in [-0.2, 0) is 4.79 Å². The quantitative estimate of drug-likeness (QED) is 0.247. The summed E-state index contributed by atoms with van der Waals surface area (Å²) in [6.07, 6.45) is 23.2. The van der Waals surface area contributed by atoms with Gasteiger partial charge in [0, 0.05) is 5.97 Å². The monoisotopic (exact) mass is 377 g/mol. The molecule has 26 heavy (non-hydrogen) atoms. The second-order valence-corrected chi connectivity index (χ2v) is 7.53. The Balaban J connectivity index is 0. The first kappa shape index (κ1) is 28.6. The van der Waals surface area contributed by atoms with Crippen molar-refractivity contribution >= 4 is 5.97 Å². The van der Waals surface area contributed by atoms with Crippen molar-refractivity contribution in [3.8, 4) is 0 Å². The number of hydrogen-bond donors (Lipinski definition) is 1. The van der Waals surface area contributed by atoms with Gasteiger partial charge in [0.2, 0.25) is 0 Å². The molecule has 0 saturated heterocycles. The van der Waals surface area contributed by atoms with Gasteiger partial charge in [-0.05, 0) is 32.4 Å². The molecule has 0 amide bonds. The van der Waals surface area contributed by atoms with E-state index < -0.39 is 5.97 Å². The molecular weight excluding hydrogens is 333 g/mol. The Kier molecular flexibility index (Phi) is 28.0. The molecule has 0 bridgehead atoms. The fourth-order valence-electron chi connectivity index (χ4n) is 3.28. The normalized spacial score (nSPS) is 10.7. The van der Waals surface area contributed by atoms with Gasteiger partial charge in [-0.3, -0.25) is 0 Å². The van der Waals surface area contributed by atoms with Gasteiger partial charge in [0.1, 0.15) is 0 Å². The fourth-order valence-corrected chi connectivity index (χ4v) is 3.28. The first-order valence-electron chi connectivity index (χ1n) is 11.2. The third-order valence-electron chi connectivity index (χ3n) is 4.94. The molecule has 0 fully saturated rings. The number of carboxylic acids is 1. The van der Waals surface area contributed by atoms with E-state index in [1.54, 1.807) is 0 Å². The van der Waals surface area contributed by atoms with Crippen LogP contribution in [0.2, 0.25) is 0 Å². The van der Waals surface area contributed by atoms with Crippen LogP contribution >= 0.6 is 0 Å². The smallest absolute Gasteiger partial charge is 0.550 e. The van der Waals surface area contributed by atoms with E-state index in [1.165, 1.54) is 103 Å². The number of aliphatic carboxylic acids is 1. The van der Waals surface area contributed by atoms with Crippen LogP contribution in [0.1, 0.15) is 122 Å². The maximum atomic E-state index is 10.3. The topological polar surface area (TPSA) is 52.2 Å². The van der Waals surface area contributed by atoms with Crippen molar-refractivity contribution in [3.05, 3.63) is 0 Å². The first-order valence-corrected chi connectivity index (χ1v) is 11.2. The molecule has 4 heteroatoms. The second kappa shape index (κ2) is 25.4. The number of carboxylic acid groups (broad SMARTS) is 1. The van der Waals surface area contributed by atoms with Gasteiger partial charge in [0.25, 0.3) is 0 Å². The Bertz CT molecular complexity index is 275. The van der Waals surface area contributed by atoms with Crippen molar-refractivity contribution < 1.29 is 39.5 Å². The number of carbonyl (C=O) groups is 1. The molecule has 0 rings (SSSR count). The molecule has 0 saturated carbocycles. The first-order chi connectivity index (χ1) is 12.3. The number of unbranched alkanes of at least 4 members (excludes halogenated alkanes) is 15. The van der Waals surface area contributed by atoms with E-state index in [0.717, 1.165) is 13.1 Å². The van der Waals surface area contributed by atoms with Crippen LogP contribution in [0.15, 0.2) is 0 Å². The van der Waals surface area contributed by atoms with E-state index in [1.807, 2.05) is 0 Å². The van der Waals surface area contributed by atoms with Crippen molar-refractivity contribution in [2.24, 2.45) is 0 Å². The molecule has 150 valence electrons. The summed E-state index contributed by atoms with van der Waals surface area (Å²) in [5.74, 6) is -0.941. The Labute approximate surface area is 185 Å². The Morgan fingerprint density at radius 3 is 1.35 bits per heavy atom. The van der Waals surface area contributed by atoms with Crippen molar-refractivity contribution in [1.29, 1.82) is 0 Å². The van der Waals surface area contributed by atoms with Gasteiger partial charge in [0.15, 0.2) is 0 Å². The molecule has 0 aliphatic rings. The maximum absolute atomic E-state index is 10.3. The van der Waals surface area contributed by atoms with Crippen LogP contribution < -0.4 is 40.0 Å². The zero-order valence-corrected chi connectivity index (χ0v) is 20.0. The minimum atomic E-state index is -0.941. The van der Waals surface area contributed by atoms with E-state index in [9.17, 15) is 9.90 Å². The van der Waals surface area contributed by atoms with Crippen LogP contribution in [0.3, 0.4) is 0 Å². The standard InChI is InChI=1S/C22H45NO2.Na/c1-2-3-4-5-6-7-8-9-10-11-12-13-14-15-16-17-20-23-21-18-19-22(24)25;/h23H,2-21H2,1H3,(H,24,25);/q;+1/p-1. The molecule has 0 heterocycles. The van der Waals surface area contributed by atoms with E-state index in [2.05, 4.69) is 12.2 Å². The molecule has 3 nitrogen and oxygen atoms in total. The van der Waals surface area contributed by atoms with Gasteiger partial charge >= 0.3 is 29.6 Å². The van der Waals surface area contributed by atoms with E-state index in [0.29, 0.717) is 6.42 Å². The number of rotatable bonds is 21. The van der Waals surface area contributed by atoms with Crippen molar-refractivity contribution in [2.75, 3.05) is 13.1 Å². The summed E-state index contributed by atoms with van der Waals surface area (Å²) >= 11 is 0. The number of hydrogen-bond acceptors (Lipinski definition) is 3. The Hall–Kier alpha value is 0.430. The molecule has 0 aromatic carbocycles. The number of nitrogens with one attached hydrogen (secondary N) is 1. The van der Waals surface area contributed by atoms with Crippen LogP contribution in [0.4, 0.5) is 0 Å². The summed E-state index contributed by atoms with van der Waals surface area (Å²) in [7, 11) is 0. The van der Waals surface area contributed by atoms with Crippen LogP contribution in [0, 0.1) is 0 Å². The molecule has 0 aliphatic heterocycles. The van der Waals surface area contributed by atoms with Crippen LogP contribution in [0.25, 0.3) is 0 Å². The molecule has 0 atom stereocenters. The maximum Gasteiger partial charge on any atom is 1.00 e. The average molecular weight is 378 g/mol. The van der Waals surface area contributed by atoms with Gasteiger partial charge in [0.05, 0.1) is 0 Å². The van der Waals surface area contributed by atoms with E-state index in [-0.39, 0.29) is 36.0 Å². The van der Waals surface area contributed by atoms with E-state index >= 15 is 0 Å². The Morgan fingerprint density at radius 1 is 0.615 bits per heavy atom. The summed E-state index contributed by atoms with van der Waals surface area (Å²) in [5, 5.41) is 13.6. The summed E-state index contributed by atoms with van der Waals surface area (Å²) in [6.45, 7) is 4.10. The molecule has 0 spiro atoms. The van der Waals surface area contributed by atoms with Gasteiger partial charge in [-0.1, -0.05) is 103 Å². The van der Waals surface area contributed by atoms with Gasteiger partial charge in [-0.15, -0.1) is 0 Å². The minimum Gasteiger partial charge on any atom is -0.550 e. The summed E-state index contributed by atoms with van der Waals surface area (Å²) in [5.41, 5.74) is 0. The third-order valence-corrected chi connectivity index (χ3v) is 4.94. The zero-order chi connectivity index (χ0) is 18.4. The largest absolute Gasteiger partial charge is 1.00 e. The van der Waals surface area contributed by atoms with Crippen molar-refractivity contribution in [2.45, 2.75) is 122 Å². The predicted octanol–water partition coefficient (Wildman–Crippen LogP) is 2.37. The van der Waals surface area contributed by atoms with Gasteiger partial charge < -0.3 is 15.2 Å². The van der Waals surface area contributed by atoms with E-state index in [4.69, 9.17) is 0 Å². The Morgan fingerprint density at radius 2 is 0.962 bits per heavy atom. The molecule has 0 unspecified atom stereocenters. The van der Waals surface area contributed by atoms with Gasteiger partial charge in [-0.25, -0.2) is 0 Å². The summed E-state index contributed by atoms with van der Waals surface area (Å²) in [6, 6.07) is 0. The third kappa shape index (κ3) is 26.7. The fraction of sp³-hybridized carbons (Fsp3) is 0.955. The number of carbonyl (C=O) groups excluding carboxylic acids is 1. The minimum absolute atomic E-state index is 0. The second-order valence-electron chi connectivity index (χ2n) is 7.53. The average Bonchev–Trinajstić information content (AvgIpc) is 2.60. The molecule has 1 N–H and O–H groups in total. The molecule has 0 radical (unpaired) electrons. The molecule has 0 aromatic rings. The van der Waals surface area contributed by atoms with Crippen molar-refractivity contribution in [1.82, 2.24) is 5.32 Å². The molecular formula is C22H44NNaO2. The predicted molar refractivity (Wildman–Crippen MR) is 107 cm³/mol. The molecule has 0 aromatic heterocycles. The van der Waals surface area contributed by atoms with Crippen LogP contribution in [0.5, 0.6) is 0 Å².